The molecule has 0 saturated carbocycles. The first-order chi connectivity index (χ1) is 11.1. The third kappa shape index (κ3) is 5.36. The van der Waals surface area contributed by atoms with Crippen molar-refractivity contribution in [2.45, 2.75) is 26.8 Å². The van der Waals surface area contributed by atoms with Gasteiger partial charge in [0, 0.05) is 20.1 Å². The van der Waals surface area contributed by atoms with Crippen molar-refractivity contribution in [2.24, 2.45) is 5.92 Å². The number of hydrogen-bond acceptors (Lipinski definition) is 4. The van der Waals surface area contributed by atoms with Crippen LogP contribution in [0.15, 0.2) is 42.5 Å². The van der Waals surface area contributed by atoms with Gasteiger partial charge in [0.2, 0.25) is 0 Å². The number of nitrogens with one attached hydrogen (secondary N) is 1. The average molecular weight is 312 g/mol. The lowest BCUT2D eigenvalue weighted by Gasteiger charge is -2.16. The van der Waals surface area contributed by atoms with Crippen molar-refractivity contribution in [1.82, 2.24) is 15.1 Å². The summed E-state index contributed by atoms with van der Waals surface area (Å²) in [6.45, 7) is 5.76. The summed E-state index contributed by atoms with van der Waals surface area (Å²) in [5.74, 6) is 1.21. The van der Waals surface area contributed by atoms with Gasteiger partial charge < -0.3 is 10.2 Å². The van der Waals surface area contributed by atoms with Crippen LogP contribution in [0.25, 0.3) is 0 Å². The molecule has 0 bridgehead atoms. The van der Waals surface area contributed by atoms with Crippen LogP contribution in [-0.4, -0.2) is 34.6 Å². The van der Waals surface area contributed by atoms with Gasteiger partial charge in [-0.3, -0.25) is 4.79 Å². The highest BCUT2D eigenvalue weighted by atomic mass is 16.2. The molecule has 23 heavy (non-hydrogen) atoms. The predicted molar refractivity (Wildman–Crippen MR) is 92.2 cm³/mol. The maximum atomic E-state index is 12.4. The number of carbonyl (C=O) groups excluding carboxylic acids is 1. The molecule has 1 amide bonds. The number of carbonyl (C=O) groups is 1. The van der Waals surface area contributed by atoms with E-state index in [4.69, 9.17) is 0 Å². The zero-order chi connectivity index (χ0) is 16.7. The summed E-state index contributed by atoms with van der Waals surface area (Å²) in [5.41, 5.74) is 1.45. The molecule has 2 rings (SSSR count). The van der Waals surface area contributed by atoms with Gasteiger partial charge in [0.15, 0.2) is 5.69 Å². The predicted octanol–water partition coefficient (Wildman–Crippen LogP) is 3.21. The van der Waals surface area contributed by atoms with Crippen LogP contribution in [0.3, 0.4) is 0 Å². The van der Waals surface area contributed by atoms with E-state index in [0.717, 1.165) is 18.5 Å². The zero-order valence-corrected chi connectivity index (χ0v) is 14.0. The molecular weight excluding hydrogens is 288 g/mol. The van der Waals surface area contributed by atoms with Gasteiger partial charge in [0.05, 0.1) is 0 Å². The number of hydrogen-bond donors (Lipinski definition) is 1. The molecule has 1 heterocycles. The Balaban J connectivity index is 1.91. The molecule has 0 aliphatic rings. The van der Waals surface area contributed by atoms with Crippen LogP contribution >= 0.6 is 0 Å². The average Bonchev–Trinajstić information content (AvgIpc) is 2.55. The standard InChI is InChI=1S/C18H24N4O/c1-14(2)11-12-19-17-10-9-16(20-21-17)18(23)22(3)13-15-7-5-4-6-8-15/h4-10,14H,11-13H2,1-3H3,(H,19,21). The van der Waals surface area contributed by atoms with Gasteiger partial charge in [-0.15, -0.1) is 10.2 Å². The Kier molecular flexibility index (Phi) is 6.09. The Morgan fingerprint density at radius 2 is 1.87 bits per heavy atom. The fraction of sp³-hybridized carbons (Fsp3) is 0.389. The van der Waals surface area contributed by atoms with Crippen molar-refractivity contribution in [3.05, 3.63) is 53.7 Å². The Hall–Kier alpha value is -2.43. The molecule has 0 aliphatic heterocycles. The lowest BCUT2D eigenvalue weighted by atomic mass is 10.1. The molecule has 1 aromatic heterocycles. The molecule has 0 radical (unpaired) electrons. The van der Waals surface area contributed by atoms with Crippen LogP contribution in [0, 0.1) is 5.92 Å². The number of anilines is 1. The largest absolute Gasteiger partial charge is 0.369 e. The molecule has 5 nitrogen and oxygen atoms in total. The molecule has 0 atom stereocenters. The van der Waals surface area contributed by atoms with Crippen molar-refractivity contribution in [2.75, 3.05) is 18.9 Å². The smallest absolute Gasteiger partial charge is 0.274 e. The minimum Gasteiger partial charge on any atom is -0.369 e. The lowest BCUT2D eigenvalue weighted by Crippen LogP contribution is -2.27. The van der Waals surface area contributed by atoms with Crippen molar-refractivity contribution in [3.8, 4) is 0 Å². The minimum absolute atomic E-state index is 0.130. The van der Waals surface area contributed by atoms with E-state index in [2.05, 4.69) is 29.4 Å². The van der Waals surface area contributed by atoms with E-state index in [1.807, 2.05) is 30.3 Å². The Labute approximate surface area is 137 Å². The van der Waals surface area contributed by atoms with Crippen LogP contribution in [-0.2, 0) is 6.54 Å². The van der Waals surface area contributed by atoms with E-state index in [1.54, 1.807) is 24.1 Å². The highest BCUT2D eigenvalue weighted by Crippen LogP contribution is 2.08. The third-order valence-corrected chi connectivity index (χ3v) is 3.52. The fourth-order valence-corrected chi connectivity index (χ4v) is 2.15. The first-order valence-corrected chi connectivity index (χ1v) is 7.93. The number of aromatic nitrogens is 2. The zero-order valence-electron chi connectivity index (χ0n) is 14.0. The van der Waals surface area contributed by atoms with Crippen LogP contribution in [0.1, 0.15) is 36.3 Å². The summed E-state index contributed by atoms with van der Waals surface area (Å²) in [7, 11) is 1.77. The van der Waals surface area contributed by atoms with E-state index in [0.29, 0.717) is 24.0 Å². The van der Waals surface area contributed by atoms with Gasteiger partial charge in [-0.25, -0.2) is 0 Å². The molecule has 5 heteroatoms. The third-order valence-electron chi connectivity index (χ3n) is 3.52. The van der Waals surface area contributed by atoms with Crippen LogP contribution < -0.4 is 5.32 Å². The summed E-state index contributed by atoms with van der Waals surface area (Å²) >= 11 is 0. The lowest BCUT2D eigenvalue weighted by molar-refractivity contribution is 0.0778. The van der Waals surface area contributed by atoms with Crippen molar-refractivity contribution >= 4 is 11.7 Å². The number of benzene rings is 1. The monoisotopic (exact) mass is 312 g/mol. The summed E-state index contributed by atoms with van der Waals surface area (Å²) in [4.78, 5) is 14.0. The van der Waals surface area contributed by atoms with Crippen molar-refractivity contribution in [3.63, 3.8) is 0 Å². The summed E-state index contributed by atoms with van der Waals surface area (Å²) in [6, 6.07) is 13.4. The molecule has 1 N–H and O–H groups in total. The SMILES string of the molecule is CC(C)CCNc1ccc(C(=O)N(C)Cc2ccccc2)nn1. The van der Waals surface area contributed by atoms with Crippen molar-refractivity contribution in [1.29, 1.82) is 0 Å². The first-order valence-electron chi connectivity index (χ1n) is 7.93. The molecule has 122 valence electrons. The molecular formula is C18H24N4O. The van der Waals surface area contributed by atoms with Crippen LogP contribution in [0.2, 0.25) is 0 Å². The van der Waals surface area contributed by atoms with Gasteiger partial charge in [0.25, 0.3) is 5.91 Å². The van der Waals surface area contributed by atoms with Crippen LogP contribution in [0.4, 0.5) is 5.82 Å². The number of amides is 1. The van der Waals surface area contributed by atoms with Gasteiger partial charge >= 0.3 is 0 Å². The van der Waals surface area contributed by atoms with Gasteiger partial charge in [-0.2, -0.15) is 0 Å². The summed E-state index contributed by atoms with van der Waals surface area (Å²) < 4.78 is 0. The molecule has 0 spiro atoms. The second-order valence-corrected chi connectivity index (χ2v) is 6.06. The summed E-state index contributed by atoms with van der Waals surface area (Å²) in [5, 5.41) is 11.3. The second-order valence-electron chi connectivity index (χ2n) is 6.06. The highest BCUT2D eigenvalue weighted by molar-refractivity contribution is 5.92. The van der Waals surface area contributed by atoms with Gasteiger partial charge in [0.1, 0.15) is 5.82 Å². The fourth-order valence-electron chi connectivity index (χ4n) is 2.15. The summed E-state index contributed by atoms with van der Waals surface area (Å²) in [6.07, 6.45) is 1.07. The van der Waals surface area contributed by atoms with E-state index in [1.165, 1.54) is 0 Å². The molecule has 1 aromatic carbocycles. The first kappa shape index (κ1) is 16.9. The Morgan fingerprint density at radius 1 is 1.13 bits per heavy atom. The maximum Gasteiger partial charge on any atom is 0.274 e. The van der Waals surface area contributed by atoms with Crippen LogP contribution in [0.5, 0.6) is 0 Å². The molecule has 2 aromatic rings. The number of rotatable bonds is 7. The Morgan fingerprint density at radius 3 is 2.48 bits per heavy atom. The molecule has 0 fully saturated rings. The normalized spacial score (nSPS) is 10.6. The Bertz CT molecular complexity index is 611. The highest BCUT2D eigenvalue weighted by Gasteiger charge is 2.14. The quantitative estimate of drug-likeness (QED) is 0.853. The molecule has 0 saturated heterocycles. The van der Waals surface area contributed by atoms with Gasteiger partial charge in [-0.1, -0.05) is 44.2 Å². The molecule has 0 aliphatic carbocycles. The number of nitrogens with zero attached hydrogens (tertiary/aromatic N) is 3. The molecule has 0 unspecified atom stereocenters. The maximum absolute atomic E-state index is 12.4. The second kappa shape index (κ2) is 8.27. The van der Waals surface area contributed by atoms with E-state index in [-0.39, 0.29) is 5.91 Å². The van der Waals surface area contributed by atoms with E-state index < -0.39 is 0 Å². The van der Waals surface area contributed by atoms with E-state index >= 15 is 0 Å². The van der Waals surface area contributed by atoms with Gasteiger partial charge in [-0.05, 0) is 30.0 Å². The van der Waals surface area contributed by atoms with E-state index in [9.17, 15) is 4.79 Å². The van der Waals surface area contributed by atoms with Crippen molar-refractivity contribution < 1.29 is 4.79 Å². The topological polar surface area (TPSA) is 58.1 Å². The minimum atomic E-state index is -0.130.